The predicted molar refractivity (Wildman–Crippen MR) is 52.6 cm³/mol. The molecule has 66 valence electrons. The van der Waals surface area contributed by atoms with Gasteiger partial charge in [0.25, 0.3) is 0 Å². The molecule has 1 fully saturated rings. The van der Waals surface area contributed by atoms with E-state index in [0.29, 0.717) is 6.04 Å². The first-order valence-electron chi connectivity index (χ1n) is 4.34. The van der Waals surface area contributed by atoms with E-state index < -0.39 is 0 Å². The van der Waals surface area contributed by atoms with Crippen molar-refractivity contribution in [2.75, 3.05) is 13.1 Å². The van der Waals surface area contributed by atoms with Crippen LogP contribution in [0.5, 0.6) is 0 Å². The Morgan fingerprint density at radius 1 is 1.58 bits per heavy atom. The highest BCUT2D eigenvalue weighted by atomic mass is 32.1. The summed E-state index contributed by atoms with van der Waals surface area (Å²) in [6.07, 6.45) is 0. The van der Waals surface area contributed by atoms with Gasteiger partial charge in [0.2, 0.25) is 0 Å². The zero-order valence-corrected chi connectivity index (χ0v) is 8.08. The van der Waals surface area contributed by atoms with Crippen molar-refractivity contribution in [2.45, 2.75) is 19.5 Å². The van der Waals surface area contributed by atoms with Gasteiger partial charge < -0.3 is 10.6 Å². The van der Waals surface area contributed by atoms with E-state index in [1.165, 1.54) is 9.75 Å². The molecule has 2 nitrogen and oxygen atoms in total. The largest absolute Gasteiger partial charge is 0.314 e. The molecular formula is C9H14N2S. The number of hydrogen-bond donors (Lipinski definition) is 2. The number of rotatable bonds is 3. The third-order valence-corrected chi connectivity index (χ3v) is 3.14. The van der Waals surface area contributed by atoms with Gasteiger partial charge in [0.1, 0.15) is 0 Å². The van der Waals surface area contributed by atoms with Crippen LogP contribution in [0.4, 0.5) is 0 Å². The molecule has 1 aliphatic rings. The summed E-state index contributed by atoms with van der Waals surface area (Å²) >= 11 is 1.88. The van der Waals surface area contributed by atoms with Crippen LogP contribution in [0.1, 0.15) is 9.75 Å². The third kappa shape index (κ3) is 1.86. The first-order chi connectivity index (χ1) is 5.84. The summed E-state index contributed by atoms with van der Waals surface area (Å²) in [5, 5.41) is 6.74. The van der Waals surface area contributed by atoms with Crippen molar-refractivity contribution in [3.05, 3.63) is 21.9 Å². The number of nitrogens with one attached hydrogen (secondary N) is 2. The summed E-state index contributed by atoms with van der Waals surface area (Å²) in [4.78, 5) is 2.85. The lowest BCUT2D eigenvalue weighted by atomic mass is 10.2. The van der Waals surface area contributed by atoms with Crippen molar-refractivity contribution in [2.24, 2.45) is 0 Å². The molecule has 2 rings (SSSR count). The third-order valence-electron chi connectivity index (χ3n) is 2.14. The average molecular weight is 182 g/mol. The van der Waals surface area contributed by atoms with Crippen molar-refractivity contribution in [1.82, 2.24) is 10.6 Å². The van der Waals surface area contributed by atoms with Gasteiger partial charge >= 0.3 is 0 Å². The Hall–Kier alpha value is -0.380. The molecule has 1 saturated heterocycles. The summed E-state index contributed by atoms with van der Waals surface area (Å²) in [6, 6.07) is 5.09. The summed E-state index contributed by atoms with van der Waals surface area (Å²) < 4.78 is 0. The second-order valence-corrected chi connectivity index (χ2v) is 4.62. The van der Waals surface area contributed by atoms with Crippen molar-refractivity contribution < 1.29 is 0 Å². The fraction of sp³-hybridized carbons (Fsp3) is 0.556. The van der Waals surface area contributed by atoms with Crippen LogP contribution in [0.2, 0.25) is 0 Å². The summed E-state index contributed by atoms with van der Waals surface area (Å²) in [5.74, 6) is 0. The van der Waals surface area contributed by atoms with Crippen LogP contribution < -0.4 is 10.6 Å². The zero-order valence-electron chi connectivity index (χ0n) is 7.26. The lowest BCUT2D eigenvalue weighted by Gasteiger charge is -2.27. The van der Waals surface area contributed by atoms with Crippen LogP contribution in [-0.2, 0) is 6.54 Å². The smallest absolute Gasteiger partial charge is 0.0320 e. The molecule has 2 heterocycles. The number of hydrogen-bond acceptors (Lipinski definition) is 3. The highest BCUT2D eigenvalue weighted by Crippen LogP contribution is 2.14. The zero-order chi connectivity index (χ0) is 8.39. The number of aryl methyl sites for hydroxylation is 1. The van der Waals surface area contributed by atoms with Crippen molar-refractivity contribution in [3.8, 4) is 0 Å². The molecule has 0 aliphatic carbocycles. The molecule has 3 heteroatoms. The van der Waals surface area contributed by atoms with Gasteiger partial charge in [0.05, 0.1) is 0 Å². The monoisotopic (exact) mass is 182 g/mol. The Kier molecular flexibility index (Phi) is 2.44. The molecule has 0 atom stereocenters. The van der Waals surface area contributed by atoms with Gasteiger partial charge in [-0.25, -0.2) is 0 Å². The lowest BCUT2D eigenvalue weighted by Crippen LogP contribution is -2.54. The minimum Gasteiger partial charge on any atom is -0.314 e. The lowest BCUT2D eigenvalue weighted by molar-refractivity contribution is 0.366. The van der Waals surface area contributed by atoms with Crippen LogP contribution in [0.15, 0.2) is 12.1 Å². The second-order valence-electron chi connectivity index (χ2n) is 3.25. The first-order valence-corrected chi connectivity index (χ1v) is 5.15. The molecule has 2 N–H and O–H groups in total. The molecule has 0 aromatic carbocycles. The highest BCUT2D eigenvalue weighted by molar-refractivity contribution is 7.11. The molecule has 0 bridgehead atoms. The van der Waals surface area contributed by atoms with Gasteiger partial charge in [-0.2, -0.15) is 0 Å². The molecule has 0 spiro atoms. The van der Waals surface area contributed by atoms with Crippen LogP contribution in [0.3, 0.4) is 0 Å². The molecular weight excluding hydrogens is 168 g/mol. The van der Waals surface area contributed by atoms with Crippen LogP contribution >= 0.6 is 11.3 Å². The van der Waals surface area contributed by atoms with Crippen molar-refractivity contribution in [3.63, 3.8) is 0 Å². The fourth-order valence-electron chi connectivity index (χ4n) is 1.26. The van der Waals surface area contributed by atoms with Gasteiger partial charge in [-0.1, -0.05) is 0 Å². The first kappa shape index (κ1) is 8.23. The SMILES string of the molecule is Cc1ccc(CNC2CNC2)s1. The van der Waals surface area contributed by atoms with E-state index in [1.807, 2.05) is 11.3 Å². The van der Waals surface area contributed by atoms with Crippen molar-refractivity contribution in [1.29, 1.82) is 0 Å². The van der Waals surface area contributed by atoms with Gasteiger partial charge in [0.15, 0.2) is 0 Å². The average Bonchev–Trinajstić information content (AvgIpc) is 2.32. The maximum absolute atomic E-state index is 3.50. The summed E-state index contributed by atoms with van der Waals surface area (Å²) in [6.45, 7) is 5.44. The predicted octanol–water partition coefficient (Wildman–Crippen LogP) is 1.12. The molecule has 0 amide bonds. The quantitative estimate of drug-likeness (QED) is 0.732. The van der Waals surface area contributed by atoms with Gasteiger partial charge in [0, 0.05) is 35.4 Å². The van der Waals surface area contributed by atoms with Crippen LogP contribution in [-0.4, -0.2) is 19.1 Å². The van der Waals surface area contributed by atoms with E-state index >= 15 is 0 Å². The standard InChI is InChI=1S/C9H14N2S/c1-7-2-3-9(12-7)6-11-8-4-10-5-8/h2-3,8,10-11H,4-6H2,1H3. The Labute approximate surface area is 77.0 Å². The van der Waals surface area contributed by atoms with E-state index in [0.717, 1.165) is 19.6 Å². The molecule has 1 aliphatic heterocycles. The topological polar surface area (TPSA) is 24.1 Å². The Morgan fingerprint density at radius 2 is 2.42 bits per heavy atom. The van der Waals surface area contributed by atoms with E-state index in [2.05, 4.69) is 29.7 Å². The molecule has 0 unspecified atom stereocenters. The van der Waals surface area contributed by atoms with Crippen LogP contribution in [0, 0.1) is 6.92 Å². The van der Waals surface area contributed by atoms with Gasteiger partial charge in [-0.05, 0) is 19.1 Å². The number of thiophene rings is 1. The summed E-state index contributed by atoms with van der Waals surface area (Å²) in [5.41, 5.74) is 0. The van der Waals surface area contributed by atoms with Crippen LogP contribution in [0.25, 0.3) is 0 Å². The van der Waals surface area contributed by atoms with E-state index in [1.54, 1.807) is 0 Å². The molecule has 0 radical (unpaired) electrons. The maximum Gasteiger partial charge on any atom is 0.0320 e. The minimum atomic E-state index is 0.701. The molecule has 1 aromatic heterocycles. The van der Waals surface area contributed by atoms with Gasteiger partial charge in [-0.3, -0.25) is 0 Å². The normalized spacial score (nSPS) is 17.8. The maximum atomic E-state index is 3.50. The van der Waals surface area contributed by atoms with E-state index in [4.69, 9.17) is 0 Å². The van der Waals surface area contributed by atoms with Crippen molar-refractivity contribution >= 4 is 11.3 Å². The van der Waals surface area contributed by atoms with E-state index in [9.17, 15) is 0 Å². The Balaban J connectivity index is 1.79. The minimum absolute atomic E-state index is 0.701. The Morgan fingerprint density at radius 3 is 2.92 bits per heavy atom. The second kappa shape index (κ2) is 3.56. The van der Waals surface area contributed by atoms with E-state index in [-0.39, 0.29) is 0 Å². The highest BCUT2D eigenvalue weighted by Gasteiger charge is 2.15. The molecule has 12 heavy (non-hydrogen) atoms. The van der Waals surface area contributed by atoms with Gasteiger partial charge in [-0.15, -0.1) is 11.3 Å². The molecule has 0 saturated carbocycles. The summed E-state index contributed by atoms with van der Waals surface area (Å²) in [7, 11) is 0. The fourth-order valence-corrected chi connectivity index (χ4v) is 2.10. The Bertz CT molecular complexity index is 253. The molecule has 1 aromatic rings.